The molecule has 1 aromatic heterocycles. The van der Waals surface area contributed by atoms with Gasteiger partial charge in [0.05, 0.1) is 5.69 Å². The Labute approximate surface area is 176 Å². The summed E-state index contributed by atoms with van der Waals surface area (Å²) in [5.74, 6) is 0.738. The Hall–Kier alpha value is -1.36. The van der Waals surface area contributed by atoms with E-state index in [4.69, 9.17) is 9.40 Å². The normalized spacial score (nSPS) is 16.1. The fourth-order valence-electron chi connectivity index (χ4n) is 3.38. The largest absolute Gasteiger partial charge is 0.444 e. The lowest BCUT2D eigenvalue weighted by Gasteiger charge is -2.26. The molecular weight excluding hydrogens is 370 g/mol. The number of piperazine rings is 1. The lowest BCUT2D eigenvalue weighted by Crippen LogP contribution is -2.44. The van der Waals surface area contributed by atoms with E-state index in [-0.39, 0.29) is 23.2 Å². The number of nitrogens with one attached hydrogen (secondary N) is 1. The first-order chi connectivity index (χ1) is 12.6. The molecule has 3 rings (SSSR count). The Morgan fingerprint density at radius 1 is 0.964 bits per heavy atom. The zero-order valence-corrected chi connectivity index (χ0v) is 19.1. The molecule has 1 saturated heterocycles. The third-order valence-corrected chi connectivity index (χ3v) is 5.36. The summed E-state index contributed by atoms with van der Waals surface area (Å²) < 4.78 is 5.88. The summed E-state index contributed by atoms with van der Waals surface area (Å²) >= 11 is 0. The van der Waals surface area contributed by atoms with Gasteiger partial charge >= 0.3 is 0 Å². The second-order valence-corrected chi connectivity index (χ2v) is 9.78. The van der Waals surface area contributed by atoms with Crippen LogP contribution in [0, 0.1) is 0 Å². The van der Waals surface area contributed by atoms with E-state index in [0.717, 1.165) is 56.3 Å². The maximum Gasteiger partial charge on any atom is 0.226 e. The average molecular weight is 406 g/mol. The van der Waals surface area contributed by atoms with Gasteiger partial charge in [-0.15, -0.1) is 12.4 Å². The Morgan fingerprint density at radius 3 is 2.07 bits per heavy atom. The summed E-state index contributed by atoms with van der Waals surface area (Å²) in [6.07, 6.45) is 2.77. The predicted molar refractivity (Wildman–Crippen MR) is 120 cm³/mol. The lowest BCUT2D eigenvalue weighted by atomic mass is 9.79. The molecule has 1 N–H and O–H groups in total. The van der Waals surface area contributed by atoms with Crippen LogP contribution in [0.5, 0.6) is 0 Å². The molecule has 0 amide bonds. The summed E-state index contributed by atoms with van der Waals surface area (Å²) in [6, 6.07) is 6.81. The van der Waals surface area contributed by atoms with E-state index in [9.17, 15) is 0 Å². The van der Waals surface area contributed by atoms with E-state index >= 15 is 0 Å². The SMILES string of the molecule is CC(C)(C)c1cc(-c2nc(CCN3CCNCC3)co2)cc(C(C)(C)C)c1.Cl. The van der Waals surface area contributed by atoms with Gasteiger partial charge in [-0.25, -0.2) is 4.98 Å². The molecule has 0 atom stereocenters. The zero-order chi connectivity index (χ0) is 19.7. The Balaban J connectivity index is 0.00000280. The van der Waals surface area contributed by atoms with Crippen molar-refractivity contribution < 1.29 is 4.42 Å². The zero-order valence-electron chi connectivity index (χ0n) is 18.3. The smallest absolute Gasteiger partial charge is 0.226 e. The summed E-state index contributed by atoms with van der Waals surface area (Å²) in [5.41, 5.74) is 4.96. The van der Waals surface area contributed by atoms with Crippen molar-refractivity contribution in [1.82, 2.24) is 15.2 Å². The van der Waals surface area contributed by atoms with Crippen molar-refractivity contribution in [3.63, 3.8) is 0 Å². The van der Waals surface area contributed by atoms with Gasteiger partial charge in [0.1, 0.15) is 6.26 Å². The van der Waals surface area contributed by atoms with Gasteiger partial charge in [-0.1, -0.05) is 47.6 Å². The number of rotatable bonds is 4. The van der Waals surface area contributed by atoms with Crippen LogP contribution in [0.15, 0.2) is 28.9 Å². The highest BCUT2D eigenvalue weighted by Gasteiger charge is 2.22. The molecule has 0 saturated carbocycles. The van der Waals surface area contributed by atoms with Crippen LogP contribution in [0.25, 0.3) is 11.5 Å². The van der Waals surface area contributed by atoms with Crippen LogP contribution < -0.4 is 5.32 Å². The van der Waals surface area contributed by atoms with Crippen molar-refractivity contribution in [3.05, 3.63) is 41.3 Å². The van der Waals surface area contributed by atoms with Gasteiger partial charge < -0.3 is 14.6 Å². The highest BCUT2D eigenvalue weighted by Crippen LogP contribution is 2.33. The van der Waals surface area contributed by atoms with Crippen LogP contribution in [0.2, 0.25) is 0 Å². The van der Waals surface area contributed by atoms with Gasteiger partial charge in [-0.3, -0.25) is 0 Å². The number of benzene rings is 1. The molecule has 0 radical (unpaired) electrons. The number of aromatic nitrogens is 1. The fraction of sp³-hybridized carbons (Fsp3) is 0.609. The van der Waals surface area contributed by atoms with E-state index in [1.165, 1.54) is 11.1 Å². The van der Waals surface area contributed by atoms with Gasteiger partial charge in [-0.2, -0.15) is 0 Å². The molecule has 1 fully saturated rings. The Bertz CT molecular complexity index is 733. The lowest BCUT2D eigenvalue weighted by molar-refractivity contribution is 0.243. The summed E-state index contributed by atoms with van der Waals surface area (Å²) in [5, 5.41) is 3.40. The molecular formula is C23H36ClN3O. The minimum atomic E-state index is 0. The Morgan fingerprint density at radius 2 is 1.54 bits per heavy atom. The monoisotopic (exact) mass is 405 g/mol. The summed E-state index contributed by atoms with van der Waals surface area (Å²) in [4.78, 5) is 7.29. The second-order valence-electron chi connectivity index (χ2n) is 9.78. The third-order valence-electron chi connectivity index (χ3n) is 5.36. The van der Waals surface area contributed by atoms with E-state index in [1.807, 2.05) is 6.26 Å². The molecule has 0 aliphatic carbocycles. The molecule has 1 aromatic carbocycles. The molecule has 156 valence electrons. The topological polar surface area (TPSA) is 41.3 Å². The molecule has 28 heavy (non-hydrogen) atoms. The van der Waals surface area contributed by atoms with Gasteiger partial charge in [0.15, 0.2) is 0 Å². The number of nitrogens with zero attached hydrogens (tertiary/aromatic N) is 2. The summed E-state index contributed by atoms with van der Waals surface area (Å²) in [7, 11) is 0. The number of hydrogen-bond donors (Lipinski definition) is 1. The standard InChI is InChI=1S/C23H35N3O.ClH/c1-22(2,3)18-13-17(14-19(15-18)23(4,5)6)21-25-20(16-27-21)7-10-26-11-8-24-9-12-26;/h13-16,24H,7-12H2,1-6H3;1H. The van der Waals surface area contributed by atoms with Crippen molar-refractivity contribution in [2.24, 2.45) is 0 Å². The van der Waals surface area contributed by atoms with E-state index in [0.29, 0.717) is 0 Å². The minimum Gasteiger partial charge on any atom is -0.444 e. The quantitative estimate of drug-likeness (QED) is 0.792. The number of hydrogen-bond acceptors (Lipinski definition) is 4. The van der Waals surface area contributed by atoms with E-state index < -0.39 is 0 Å². The van der Waals surface area contributed by atoms with Crippen LogP contribution in [0.4, 0.5) is 0 Å². The molecule has 1 aliphatic rings. The first kappa shape index (κ1) is 22.9. The summed E-state index contributed by atoms with van der Waals surface area (Å²) in [6.45, 7) is 19.0. The molecule has 0 unspecified atom stereocenters. The van der Waals surface area contributed by atoms with Gasteiger partial charge in [0.25, 0.3) is 0 Å². The van der Waals surface area contributed by atoms with Crippen molar-refractivity contribution in [2.75, 3.05) is 32.7 Å². The Kier molecular flexibility index (Phi) is 7.35. The average Bonchev–Trinajstić information content (AvgIpc) is 3.08. The molecule has 2 heterocycles. The molecule has 0 bridgehead atoms. The predicted octanol–water partition coefficient (Wildman–Crippen LogP) is 4.81. The van der Waals surface area contributed by atoms with E-state index in [1.54, 1.807) is 0 Å². The molecule has 1 aliphatic heterocycles. The minimum absolute atomic E-state index is 0. The first-order valence-corrected chi connectivity index (χ1v) is 10.2. The van der Waals surface area contributed by atoms with Crippen molar-refractivity contribution in [2.45, 2.75) is 58.8 Å². The maximum atomic E-state index is 5.88. The highest BCUT2D eigenvalue weighted by atomic mass is 35.5. The van der Waals surface area contributed by atoms with Crippen molar-refractivity contribution in [3.8, 4) is 11.5 Å². The number of oxazole rings is 1. The van der Waals surface area contributed by atoms with Crippen molar-refractivity contribution >= 4 is 12.4 Å². The van der Waals surface area contributed by atoms with Crippen LogP contribution >= 0.6 is 12.4 Å². The third kappa shape index (κ3) is 5.82. The first-order valence-electron chi connectivity index (χ1n) is 10.2. The fourth-order valence-corrected chi connectivity index (χ4v) is 3.38. The van der Waals surface area contributed by atoms with Gasteiger partial charge in [0.2, 0.25) is 5.89 Å². The van der Waals surface area contributed by atoms with Gasteiger partial charge in [-0.05, 0) is 34.1 Å². The second kappa shape index (κ2) is 8.98. The van der Waals surface area contributed by atoms with Gasteiger partial charge in [0, 0.05) is 44.7 Å². The van der Waals surface area contributed by atoms with Crippen LogP contribution in [0.3, 0.4) is 0 Å². The van der Waals surface area contributed by atoms with Crippen LogP contribution in [0.1, 0.15) is 58.4 Å². The molecule has 2 aromatic rings. The van der Waals surface area contributed by atoms with Crippen LogP contribution in [-0.2, 0) is 17.3 Å². The van der Waals surface area contributed by atoms with E-state index in [2.05, 4.69) is 70.0 Å². The molecule has 0 spiro atoms. The maximum absolute atomic E-state index is 5.88. The molecule has 4 nitrogen and oxygen atoms in total. The molecule has 5 heteroatoms. The highest BCUT2D eigenvalue weighted by molar-refractivity contribution is 5.85. The number of halogens is 1. The van der Waals surface area contributed by atoms with Crippen LogP contribution in [-0.4, -0.2) is 42.6 Å². The van der Waals surface area contributed by atoms with Crippen molar-refractivity contribution in [1.29, 1.82) is 0 Å².